The minimum Gasteiger partial charge on any atom is -0.330 e. The maximum absolute atomic E-state index is 8.84. The fraction of sp³-hybridized carbons (Fsp3) is 0.462. The van der Waals surface area contributed by atoms with Crippen molar-refractivity contribution in [2.24, 2.45) is 0 Å². The van der Waals surface area contributed by atoms with Gasteiger partial charge in [0, 0.05) is 16.9 Å². The van der Waals surface area contributed by atoms with E-state index in [9.17, 15) is 0 Å². The van der Waals surface area contributed by atoms with Crippen molar-refractivity contribution in [3.63, 3.8) is 0 Å². The molecule has 0 aromatic heterocycles. The molecule has 1 fully saturated rings. The Morgan fingerprint density at radius 2 is 2.18 bits per heavy atom. The van der Waals surface area contributed by atoms with Crippen molar-refractivity contribution in [2.75, 3.05) is 4.72 Å². The number of benzene rings is 1. The molecule has 4 heteroatoms. The Hall–Kier alpha value is -1.08. The van der Waals surface area contributed by atoms with Crippen molar-refractivity contribution in [2.45, 2.75) is 37.7 Å². The summed E-state index contributed by atoms with van der Waals surface area (Å²) < 4.78 is 3.42. The molecule has 1 N–H and O–H groups in total. The van der Waals surface area contributed by atoms with Crippen LogP contribution in [0, 0.1) is 18.2 Å². The molecule has 0 saturated carbocycles. The molecule has 0 radical (unpaired) electrons. The fourth-order valence-electron chi connectivity index (χ4n) is 2.17. The van der Waals surface area contributed by atoms with Crippen LogP contribution in [0.2, 0.25) is 12.6 Å². The number of hydrogen-bond acceptors (Lipinski definition) is 3. The molecule has 0 unspecified atom stereocenters. The standard InChI is InChI=1S/C13H17BN2S/c1-11-3-2-4-12(9-11)16-17-13-5-7-14(10-15)8-6-13/h2-4,9,13,16H,5-8H2,1H3. The summed E-state index contributed by atoms with van der Waals surface area (Å²) in [6, 6.07) is 8.44. The second-order valence-electron chi connectivity index (χ2n) is 4.69. The van der Waals surface area contributed by atoms with Crippen molar-refractivity contribution in [3.05, 3.63) is 29.8 Å². The first-order chi connectivity index (χ1) is 8.28. The van der Waals surface area contributed by atoms with E-state index in [4.69, 9.17) is 5.26 Å². The maximum Gasteiger partial charge on any atom is 0.267 e. The minimum absolute atomic E-state index is 0.297. The van der Waals surface area contributed by atoms with Crippen LogP contribution >= 0.6 is 11.9 Å². The van der Waals surface area contributed by atoms with Gasteiger partial charge in [-0.1, -0.05) is 24.8 Å². The average Bonchev–Trinajstić information content (AvgIpc) is 2.37. The summed E-state index contributed by atoms with van der Waals surface area (Å²) in [7, 11) is 0. The molecule has 17 heavy (non-hydrogen) atoms. The van der Waals surface area contributed by atoms with Gasteiger partial charge in [-0.15, -0.1) is 0 Å². The van der Waals surface area contributed by atoms with Crippen molar-refractivity contribution >= 4 is 24.3 Å². The highest BCUT2D eigenvalue weighted by atomic mass is 32.2. The second kappa shape index (κ2) is 6.02. The highest BCUT2D eigenvalue weighted by molar-refractivity contribution is 8.01. The molecule has 1 aliphatic rings. The molecule has 1 aromatic rings. The molecule has 1 aliphatic heterocycles. The van der Waals surface area contributed by atoms with Crippen LogP contribution in [-0.2, 0) is 0 Å². The quantitative estimate of drug-likeness (QED) is 0.649. The molecular weight excluding hydrogens is 227 g/mol. The monoisotopic (exact) mass is 244 g/mol. The fourth-order valence-corrected chi connectivity index (χ4v) is 3.11. The predicted octanol–water partition coefficient (Wildman–Crippen LogP) is 3.78. The minimum atomic E-state index is 0.297. The Labute approximate surface area is 108 Å². The first-order valence-corrected chi connectivity index (χ1v) is 7.04. The zero-order valence-electron chi connectivity index (χ0n) is 10.1. The number of rotatable bonds is 3. The molecule has 0 bridgehead atoms. The van der Waals surface area contributed by atoms with Crippen molar-refractivity contribution < 1.29 is 0 Å². The van der Waals surface area contributed by atoms with Gasteiger partial charge in [-0.25, -0.2) is 5.26 Å². The van der Waals surface area contributed by atoms with Crippen LogP contribution in [0.1, 0.15) is 18.4 Å². The van der Waals surface area contributed by atoms with Crippen LogP contribution in [-0.4, -0.2) is 12.0 Å². The van der Waals surface area contributed by atoms with Gasteiger partial charge in [0.1, 0.15) is 0 Å². The van der Waals surface area contributed by atoms with Crippen molar-refractivity contribution in [1.29, 1.82) is 5.26 Å². The number of hydrogen-bond donors (Lipinski definition) is 1. The smallest absolute Gasteiger partial charge is 0.267 e. The zero-order chi connectivity index (χ0) is 12.1. The molecule has 0 atom stereocenters. The van der Waals surface area contributed by atoms with Crippen LogP contribution in [0.4, 0.5) is 5.69 Å². The Kier molecular flexibility index (Phi) is 4.39. The molecule has 0 amide bonds. The second-order valence-corrected chi connectivity index (χ2v) is 5.80. The third-order valence-corrected chi connectivity index (χ3v) is 4.38. The lowest BCUT2D eigenvalue weighted by Gasteiger charge is -2.22. The van der Waals surface area contributed by atoms with Gasteiger partial charge in [-0.2, -0.15) is 0 Å². The van der Waals surface area contributed by atoms with E-state index in [0.717, 1.165) is 25.5 Å². The molecule has 1 saturated heterocycles. The number of anilines is 1. The molecule has 2 rings (SSSR count). The van der Waals surface area contributed by atoms with E-state index in [0.29, 0.717) is 12.0 Å². The van der Waals surface area contributed by atoms with Crippen LogP contribution in [0.15, 0.2) is 24.3 Å². The third-order valence-electron chi connectivity index (χ3n) is 3.22. The van der Waals surface area contributed by atoms with Gasteiger partial charge >= 0.3 is 0 Å². The van der Waals surface area contributed by atoms with Gasteiger partial charge in [0.15, 0.2) is 0 Å². The van der Waals surface area contributed by atoms with E-state index in [1.807, 2.05) is 11.9 Å². The van der Waals surface area contributed by atoms with Gasteiger partial charge in [-0.05, 0) is 49.4 Å². The summed E-state index contributed by atoms with van der Waals surface area (Å²) in [6.07, 6.45) is 4.43. The van der Waals surface area contributed by atoms with Crippen LogP contribution in [0.3, 0.4) is 0 Å². The molecule has 2 nitrogen and oxygen atoms in total. The summed E-state index contributed by atoms with van der Waals surface area (Å²) >= 11 is 1.81. The highest BCUT2D eigenvalue weighted by Crippen LogP contribution is 2.29. The van der Waals surface area contributed by atoms with Gasteiger partial charge in [0.2, 0.25) is 0 Å². The number of aryl methyl sites for hydroxylation is 1. The molecule has 0 aliphatic carbocycles. The lowest BCUT2D eigenvalue weighted by Crippen LogP contribution is -2.22. The Bertz CT molecular complexity index is 408. The largest absolute Gasteiger partial charge is 0.330 e. The average molecular weight is 244 g/mol. The van der Waals surface area contributed by atoms with Crippen molar-refractivity contribution in [1.82, 2.24) is 0 Å². The summed E-state index contributed by atoms with van der Waals surface area (Å²) in [5, 5.41) is 9.50. The first kappa shape index (κ1) is 12.4. The Morgan fingerprint density at radius 1 is 1.41 bits per heavy atom. The number of nitriles is 1. The van der Waals surface area contributed by atoms with E-state index in [1.54, 1.807) is 0 Å². The highest BCUT2D eigenvalue weighted by Gasteiger charge is 2.24. The number of nitrogens with zero attached hydrogens (tertiary/aromatic N) is 1. The van der Waals surface area contributed by atoms with E-state index >= 15 is 0 Å². The normalized spacial score (nSPS) is 16.6. The molecule has 1 heterocycles. The molecule has 88 valence electrons. The van der Waals surface area contributed by atoms with Crippen molar-refractivity contribution in [3.8, 4) is 5.97 Å². The molecular formula is C13H17BN2S. The van der Waals surface area contributed by atoms with Gasteiger partial charge < -0.3 is 4.72 Å². The number of nitrogens with one attached hydrogen (secondary N) is 1. The van der Waals surface area contributed by atoms with E-state index < -0.39 is 0 Å². The van der Waals surface area contributed by atoms with E-state index in [1.165, 1.54) is 11.3 Å². The summed E-state index contributed by atoms with van der Waals surface area (Å²) in [4.78, 5) is 0. The topological polar surface area (TPSA) is 35.8 Å². The lowest BCUT2D eigenvalue weighted by atomic mass is 9.43. The summed E-state index contributed by atoms with van der Waals surface area (Å²) in [6.45, 7) is 2.40. The predicted molar refractivity (Wildman–Crippen MR) is 76.4 cm³/mol. The summed E-state index contributed by atoms with van der Waals surface area (Å²) in [5.74, 6) is 2.38. The Balaban J connectivity index is 1.78. The molecule has 1 aromatic carbocycles. The van der Waals surface area contributed by atoms with Crippen LogP contribution < -0.4 is 4.72 Å². The maximum atomic E-state index is 8.84. The van der Waals surface area contributed by atoms with Crippen LogP contribution in [0.5, 0.6) is 0 Å². The van der Waals surface area contributed by atoms with E-state index in [2.05, 4.69) is 41.9 Å². The van der Waals surface area contributed by atoms with Gasteiger partial charge in [0.05, 0.1) is 0 Å². The summed E-state index contributed by atoms with van der Waals surface area (Å²) in [5.41, 5.74) is 2.46. The Morgan fingerprint density at radius 3 is 2.82 bits per heavy atom. The zero-order valence-corrected chi connectivity index (χ0v) is 11.0. The first-order valence-electron chi connectivity index (χ1n) is 6.16. The molecule has 0 spiro atoms. The van der Waals surface area contributed by atoms with Gasteiger partial charge in [0.25, 0.3) is 6.71 Å². The SMILES string of the molecule is Cc1cccc(NSC2CCB(C#N)CC2)c1. The third kappa shape index (κ3) is 3.71. The van der Waals surface area contributed by atoms with Crippen LogP contribution in [0.25, 0.3) is 0 Å². The van der Waals surface area contributed by atoms with Gasteiger partial charge in [-0.3, -0.25) is 0 Å². The van der Waals surface area contributed by atoms with E-state index in [-0.39, 0.29) is 0 Å². The lowest BCUT2D eigenvalue weighted by molar-refractivity contribution is 0.748.